The van der Waals surface area contributed by atoms with E-state index in [0.29, 0.717) is 13.0 Å². The molecule has 33 heavy (non-hydrogen) atoms. The summed E-state index contributed by atoms with van der Waals surface area (Å²) in [5.41, 5.74) is 4.12. The van der Waals surface area contributed by atoms with Gasteiger partial charge in [-0.2, -0.15) is 0 Å². The Morgan fingerprint density at radius 1 is 0.879 bits per heavy atom. The maximum Gasteiger partial charge on any atom is 0.316 e. The third kappa shape index (κ3) is 15.3. The molecule has 0 radical (unpaired) electrons. The molecule has 0 spiro atoms. The molecule has 0 aliphatic carbocycles. The van der Waals surface area contributed by atoms with Gasteiger partial charge in [0.05, 0.1) is 6.61 Å². The quantitative estimate of drug-likeness (QED) is 0.0758. The highest BCUT2D eigenvalue weighted by Gasteiger charge is 2.37. The zero-order valence-electron chi connectivity index (χ0n) is 21.1. The van der Waals surface area contributed by atoms with Crippen LogP contribution in [0.4, 0.5) is 0 Å². The van der Waals surface area contributed by atoms with Crippen LogP contribution in [-0.4, -0.2) is 58.7 Å². The van der Waals surface area contributed by atoms with E-state index in [2.05, 4.69) is 17.6 Å². The fraction of sp³-hybridized carbons (Fsp3) is 0.920. The van der Waals surface area contributed by atoms with Gasteiger partial charge in [0.15, 0.2) is 0 Å². The topological polar surface area (TPSA) is 145 Å². The molecule has 0 aromatic rings. The fourth-order valence-electron chi connectivity index (χ4n) is 4.01. The highest BCUT2D eigenvalue weighted by atomic mass is 16.4. The average molecular weight is 474 g/mol. The first-order valence-corrected chi connectivity index (χ1v) is 13.1. The van der Waals surface area contributed by atoms with Crippen LogP contribution in [0.1, 0.15) is 110 Å². The Labute approximate surface area is 201 Å². The molecule has 0 aliphatic rings. The number of hydrogen-bond donors (Lipinski definition) is 6. The van der Waals surface area contributed by atoms with Gasteiger partial charge in [-0.15, -0.1) is 0 Å². The summed E-state index contributed by atoms with van der Waals surface area (Å²) in [5, 5.41) is 34.3. The van der Waals surface area contributed by atoms with Crippen molar-refractivity contribution < 1.29 is 24.9 Å². The van der Waals surface area contributed by atoms with Gasteiger partial charge >= 0.3 is 5.97 Å². The molecule has 0 heterocycles. The highest BCUT2D eigenvalue weighted by Crippen LogP contribution is 2.17. The van der Waals surface area contributed by atoms with Crippen LogP contribution in [0.25, 0.3) is 0 Å². The van der Waals surface area contributed by atoms with Gasteiger partial charge < -0.3 is 26.4 Å². The van der Waals surface area contributed by atoms with Crippen LogP contribution in [0, 0.1) is 5.92 Å². The van der Waals surface area contributed by atoms with Gasteiger partial charge in [-0.1, -0.05) is 96.8 Å². The number of unbranched alkanes of at least 4 members (excludes halogenated alkanes) is 13. The van der Waals surface area contributed by atoms with Crippen molar-refractivity contribution in [2.75, 3.05) is 19.7 Å². The number of carbonyl (C=O) groups excluding carboxylic acids is 1. The number of aliphatic hydroxyl groups excluding tert-OH is 2. The lowest BCUT2D eigenvalue weighted by atomic mass is 9.97. The van der Waals surface area contributed by atoms with Crippen LogP contribution in [0.2, 0.25) is 0 Å². The number of carboxylic acid groups (broad SMARTS) is 1. The van der Waals surface area contributed by atoms with E-state index in [1.165, 1.54) is 71.1 Å². The van der Waals surface area contributed by atoms with E-state index in [9.17, 15) is 24.9 Å². The zero-order chi connectivity index (χ0) is 25.0. The summed E-state index contributed by atoms with van der Waals surface area (Å²) in [5.74, 6) is -3.04. The number of aliphatic hydroxyl groups is 2. The molecule has 0 rings (SSSR count). The summed E-state index contributed by atoms with van der Waals surface area (Å²) in [6.45, 7) is 3.74. The molecule has 3 unspecified atom stereocenters. The van der Waals surface area contributed by atoms with Crippen LogP contribution in [0.3, 0.4) is 0 Å². The molecule has 196 valence electrons. The Balaban J connectivity index is 4.09. The van der Waals surface area contributed by atoms with Gasteiger partial charge in [0.2, 0.25) is 5.91 Å². The second-order valence-corrected chi connectivity index (χ2v) is 9.38. The normalized spacial score (nSPS) is 15.1. The minimum atomic E-state index is -1.35. The number of nitrogens with two attached hydrogens (primary N) is 1. The van der Waals surface area contributed by atoms with Gasteiger partial charge in [-0.3, -0.25) is 14.9 Å². The third-order valence-corrected chi connectivity index (χ3v) is 6.32. The number of hydrogen-bond acceptors (Lipinski definition) is 6. The number of carbonyl (C=O) groups is 2. The molecule has 3 atom stereocenters. The smallest absolute Gasteiger partial charge is 0.316 e. The lowest BCUT2D eigenvalue weighted by Crippen LogP contribution is -2.66. The number of amides is 1. The SMILES string of the molecule is CCCCCCCCCCCCCCCCC(C(=O)O)C(=O)NC(C)(NCCN)C(O)CO. The van der Waals surface area contributed by atoms with E-state index in [0.717, 1.165) is 19.3 Å². The standard InChI is InChI=1S/C25H51N3O5/c1-3-4-5-6-7-8-9-10-11-12-13-14-15-16-17-21(24(32)33)23(31)28-25(2,22(30)20-29)27-19-18-26/h21-22,27,29-30H,3-20,26H2,1-2H3,(H,28,31)(H,32,33). The van der Waals surface area contributed by atoms with Crippen molar-refractivity contribution in [1.82, 2.24) is 10.6 Å². The van der Waals surface area contributed by atoms with E-state index in [1.807, 2.05) is 0 Å². The van der Waals surface area contributed by atoms with Crippen molar-refractivity contribution in [3.63, 3.8) is 0 Å². The van der Waals surface area contributed by atoms with Crippen molar-refractivity contribution in [1.29, 1.82) is 0 Å². The van der Waals surface area contributed by atoms with Crippen LogP contribution >= 0.6 is 0 Å². The molecule has 0 bridgehead atoms. The molecule has 1 amide bonds. The molecule has 0 saturated carbocycles. The molecule has 0 aromatic carbocycles. The van der Waals surface area contributed by atoms with E-state index in [-0.39, 0.29) is 13.0 Å². The van der Waals surface area contributed by atoms with Crippen LogP contribution < -0.4 is 16.4 Å². The van der Waals surface area contributed by atoms with E-state index in [1.54, 1.807) is 0 Å². The third-order valence-electron chi connectivity index (χ3n) is 6.32. The maximum absolute atomic E-state index is 12.6. The molecule has 8 heteroatoms. The van der Waals surface area contributed by atoms with Crippen LogP contribution in [0.15, 0.2) is 0 Å². The molecular formula is C25H51N3O5. The van der Waals surface area contributed by atoms with Crippen LogP contribution in [-0.2, 0) is 9.59 Å². The number of aliphatic carboxylic acids is 1. The molecule has 0 aromatic heterocycles. The Bertz CT molecular complexity index is 506. The van der Waals surface area contributed by atoms with E-state index >= 15 is 0 Å². The summed E-state index contributed by atoms with van der Waals surface area (Å²) in [7, 11) is 0. The van der Waals surface area contributed by atoms with Crippen molar-refractivity contribution in [2.45, 2.75) is 122 Å². The Morgan fingerprint density at radius 3 is 1.73 bits per heavy atom. The fourth-order valence-corrected chi connectivity index (χ4v) is 4.01. The molecule has 0 aliphatic heterocycles. The summed E-state index contributed by atoms with van der Waals surface area (Å²) in [6.07, 6.45) is 15.9. The van der Waals surface area contributed by atoms with E-state index < -0.39 is 36.2 Å². The predicted molar refractivity (Wildman–Crippen MR) is 133 cm³/mol. The van der Waals surface area contributed by atoms with Crippen molar-refractivity contribution in [3.05, 3.63) is 0 Å². The summed E-state index contributed by atoms with van der Waals surface area (Å²) >= 11 is 0. The second kappa shape index (κ2) is 20.2. The number of carboxylic acids is 1. The van der Waals surface area contributed by atoms with Gasteiger partial charge in [0, 0.05) is 13.1 Å². The second-order valence-electron chi connectivity index (χ2n) is 9.38. The minimum Gasteiger partial charge on any atom is -0.481 e. The Hall–Kier alpha value is -1.22. The first-order valence-electron chi connectivity index (χ1n) is 13.1. The first kappa shape index (κ1) is 31.8. The lowest BCUT2D eigenvalue weighted by molar-refractivity contribution is -0.148. The minimum absolute atomic E-state index is 0.251. The maximum atomic E-state index is 12.6. The predicted octanol–water partition coefficient (Wildman–Crippen LogP) is 3.29. The number of rotatable bonds is 23. The highest BCUT2D eigenvalue weighted by molar-refractivity contribution is 5.97. The number of nitrogens with one attached hydrogen (secondary N) is 2. The van der Waals surface area contributed by atoms with Crippen LogP contribution in [0.5, 0.6) is 0 Å². The Kier molecular flexibility index (Phi) is 19.4. The van der Waals surface area contributed by atoms with Gasteiger partial charge in [0.1, 0.15) is 17.7 Å². The zero-order valence-corrected chi connectivity index (χ0v) is 21.1. The average Bonchev–Trinajstić information content (AvgIpc) is 2.79. The first-order chi connectivity index (χ1) is 15.8. The molecule has 0 fully saturated rings. The Morgan fingerprint density at radius 2 is 1.33 bits per heavy atom. The van der Waals surface area contributed by atoms with Gasteiger partial charge in [0.25, 0.3) is 0 Å². The van der Waals surface area contributed by atoms with Gasteiger partial charge in [-0.25, -0.2) is 0 Å². The van der Waals surface area contributed by atoms with Gasteiger partial charge in [-0.05, 0) is 13.3 Å². The molecule has 0 saturated heterocycles. The van der Waals surface area contributed by atoms with Crippen molar-refractivity contribution >= 4 is 11.9 Å². The summed E-state index contributed by atoms with van der Waals surface area (Å²) in [6, 6.07) is 0. The molecular weight excluding hydrogens is 422 g/mol. The monoisotopic (exact) mass is 473 g/mol. The largest absolute Gasteiger partial charge is 0.481 e. The molecule has 8 nitrogen and oxygen atoms in total. The van der Waals surface area contributed by atoms with Crippen molar-refractivity contribution in [2.24, 2.45) is 11.7 Å². The summed E-state index contributed by atoms with van der Waals surface area (Å²) in [4.78, 5) is 24.2. The van der Waals surface area contributed by atoms with Crippen molar-refractivity contribution in [3.8, 4) is 0 Å². The van der Waals surface area contributed by atoms with E-state index in [4.69, 9.17) is 5.73 Å². The molecule has 7 N–H and O–H groups in total. The summed E-state index contributed by atoms with van der Waals surface area (Å²) < 4.78 is 0. The lowest BCUT2D eigenvalue weighted by Gasteiger charge is -2.36.